The molecule has 5 heteroatoms. The Kier molecular flexibility index (Phi) is 4.53. The maximum Gasteiger partial charge on any atom is 0.377 e. The van der Waals surface area contributed by atoms with Gasteiger partial charge in [0.15, 0.2) is 0 Å². The molecule has 0 aliphatic rings. The second kappa shape index (κ2) is 6.76. The van der Waals surface area contributed by atoms with Gasteiger partial charge in [-0.05, 0) is 35.9 Å². The zero-order valence-corrected chi connectivity index (χ0v) is 14.0. The fourth-order valence-electron chi connectivity index (χ4n) is 2.31. The molecule has 0 aliphatic carbocycles. The number of hydrogen-bond donors (Lipinski definition) is 1. The molecule has 3 rings (SSSR count). The molecule has 24 heavy (non-hydrogen) atoms. The highest BCUT2D eigenvalue weighted by Crippen LogP contribution is 2.22. The van der Waals surface area contributed by atoms with Gasteiger partial charge in [-0.15, -0.1) is 0 Å². The van der Waals surface area contributed by atoms with E-state index in [1.807, 2.05) is 42.5 Å². The summed E-state index contributed by atoms with van der Waals surface area (Å²) in [7, 11) is 0. The third-order valence-corrected chi connectivity index (χ3v) is 4.02. The first-order valence-corrected chi connectivity index (χ1v) is 7.95. The highest BCUT2D eigenvalue weighted by atomic mass is 79.9. The number of para-hydroxylation sites is 1. The van der Waals surface area contributed by atoms with Gasteiger partial charge in [0.25, 0.3) is 5.78 Å². The molecular formula is C19H12BrNO3. The number of hydrogen-bond acceptors (Lipinski definition) is 3. The number of carbonyl (C=O) groups excluding carboxylic acids is 1. The fourth-order valence-corrected chi connectivity index (χ4v) is 2.58. The number of carbonyl (C=O) groups is 2. The van der Waals surface area contributed by atoms with E-state index in [0.29, 0.717) is 11.2 Å². The summed E-state index contributed by atoms with van der Waals surface area (Å²) >= 11 is 3.34. The molecule has 1 heterocycles. The normalized spacial score (nSPS) is 11.5. The van der Waals surface area contributed by atoms with E-state index in [9.17, 15) is 9.59 Å². The first-order valence-electron chi connectivity index (χ1n) is 7.15. The van der Waals surface area contributed by atoms with Crippen molar-refractivity contribution in [2.75, 3.05) is 0 Å². The van der Waals surface area contributed by atoms with Gasteiger partial charge in [0.2, 0.25) is 0 Å². The van der Waals surface area contributed by atoms with Crippen LogP contribution in [0.3, 0.4) is 0 Å². The molecule has 0 fully saturated rings. The van der Waals surface area contributed by atoms with Gasteiger partial charge in [0, 0.05) is 9.86 Å². The lowest BCUT2D eigenvalue weighted by atomic mass is 10.0. The molecule has 0 atom stereocenters. The van der Waals surface area contributed by atoms with E-state index in [-0.39, 0.29) is 5.57 Å². The second-order valence-electron chi connectivity index (χ2n) is 5.13. The third-order valence-electron chi connectivity index (χ3n) is 3.49. The first-order chi connectivity index (χ1) is 11.5. The lowest BCUT2D eigenvalue weighted by molar-refractivity contribution is -0.146. The summed E-state index contributed by atoms with van der Waals surface area (Å²) in [6.07, 6.45) is 1.54. The van der Waals surface area contributed by atoms with Crippen LogP contribution in [0.25, 0.3) is 22.6 Å². The summed E-state index contributed by atoms with van der Waals surface area (Å²) < 4.78 is 0.898. The Morgan fingerprint density at radius 2 is 1.67 bits per heavy atom. The molecule has 0 radical (unpaired) electrons. The Balaban J connectivity index is 2.14. The molecule has 0 spiro atoms. The molecular weight excluding hydrogens is 370 g/mol. The number of Topliss-reactive ketones (excluding diaryl/α,β-unsaturated/α-hetero) is 1. The highest BCUT2D eigenvalue weighted by molar-refractivity contribution is 9.10. The Labute approximate surface area is 146 Å². The number of aromatic nitrogens is 1. The number of halogens is 1. The zero-order chi connectivity index (χ0) is 17.1. The molecule has 2 aromatic carbocycles. The monoisotopic (exact) mass is 381 g/mol. The van der Waals surface area contributed by atoms with E-state index in [1.54, 1.807) is 24.3 Å². The van der Waals surface area contributed by atoms with E-state index in [1.165, 1.54) is 0 Å². The van der Waals surface area contributed by atoms with Crippen LogP contribution in [0.2, 0.25) is 0 Å². The maximum atomic E-state index is 12.1. The van der Waals surface area contributed by atoms with Gasteiger partial charge in [-0.2, -0.15) is 0 Å². The van der Waals surface area contributed by atoms with Gasteiger partial charge in [-0.25, -0.2) is 9.78 Å². The van der Waals surface area contributed by atoms with Crippen molar-refractivity contribution < 1.29 is 14.7 Å². The Hall–Kier alpha value is -2.79. The summed E-state index contributed by atoms with van der Waals surface area (Å²) in [6, 6.07) is 18.2. The quantitative estimate of drug-likeness (QED) is 0.543. The van der Waals surface area contributed by atoms with Crippen molar-refractivity contribution in [3.05, 3.63) is 76.4 Å². The molecule has 0 aliphatic heterocycles. The molecule has 1 N–H and O–H groups in total. The lowest BCUT2D eigenvalue weighted by Crippen LogP contribution is -2.15. The molecule has 0 unspecified atom stereocenters. The van der Waals surface area contributed by atoms with E-state index in [0.717, 1.165) is 15.4 Å². The van der Waals surface area contributed by atoms with Gasteiger partial charge in [0.1, 0.15) is 0 Å². The smallest absolute Gasteiger partial charge is 0.377 e. The molecule has 1 aromatic heterocycles. The SMILES string of the molecule is O=C(O)C(=O)/C(=C\c1ccc(Br)cc1)c1ccc2ccccc2n1. The Morgan fingerprint density at radius 1 is 0.958 bits per heavy atom. The standard InChI is InChI=1S/C19H12BrNO3/c20-14-8-5-12(6-9-14)11-15(18(22)19(23)24)17-10-7-13-3-1-2-4-16(13)21-17/h1-11H,(H,23,24)/b15-11-. The number of fused-ring (bicyclic) bond motifs is 1. The minimum Gasteiger partial charge on any atom is -0.475 e. The van der Waals surface area contributed by atoms with Crippen molar-refractivity contribution in [3.8, 4) is 0 Å². The van der Waals surface area contributed by atoms with Crippen LogP contribution in [0, 0.1) is 0 Å². The van der Waals surface area contributed by atoms with Gasteiger partial charge < -0.3 is 5.11 Å². The van der Waals surface area contributed by atoms with Crippen molar-refractivity contribution >= 4 is 50.2 Å². The van der Waals surface area contributed by atoms with E-state index < -0.39 is 11.8 Å². The predicted molar refractivity (Wildman–Crippen MR) is 96.4 cm³/mol. The number of pyridine rings is 1. The van der Waals surface area contributed by atoms with E-state index in [4.69, 9.17) is 5.11 Å². The molecule has 118 valence electrons. The third kappa shape index (κ3) is 3.41. The van der Waals surface area contributed by atoms with Crippen LogP contribution in [-0.4, -0.2) is 21.8 Å². The summed E-state index contributed by atoms with van der Waals surface area (Å²) in [5, 5.41) is 10.0. The van der Waals surface area contributed by atoms with Crippen molar-refractivity contribution in [2.24, 2.45) is 0 Å². The van der Waals surface area contributed by atoms with Crippen molar-refractivity contribution in [3.63, 3.8) is 0 Å². The number of nitrogens with zero attached hydrogens (tertiary/aromatic N) is 1. The van der Waals surface area contributed by atoms with Crippen LogP contribution in [0.15, 0.2) is 65.1 Å². The van der Waals surface area contributed by atoms with Gasteiger partial charge >= 0.3 is 5.97 Å². The van der Waals surface area contributed by atoms with Crippen LogP contribution in [0.5, 0.6) is 0 Å². The zero-order valence-electron chi connectivity index (χ0n) is 12.4. The highest BCUT2D eigenvalue weighted by Gasteiger charge is 2.20. The van der Waals surface area contributed by atoms with Crippen molar-refractivity contribution in [1.29, 1.82) is 0 Å². The molecule has 0 saturated carbocycles. The topological polar surface area (TPSA) is 67.3 Å². The lowest BCUT2D eigenvalue weighted by Gasteiger charge is -2.06. The van der Waals surface area contributed by atoms with Gasteiger partial charge in [-0.3, -0.25) is 4.79 Å². The minimum atomic E-state index is -1.51. The summed E-state index contributed by atoms with van der Waals surface area (Å²) in [5.74, 6) is -2.49. The molecule has 4 nitrogen and oxygen atoms in total. The van der Waals surface area contributed by atoms with E-state index in [2.05, 4.69) is 20.9 Å². The fraction of sp³-hybridized carbons (Fsp3) is 0. The number of carboxylic acid groups (broad SMARTS) is 1. The largest absolute Gasteiger partial charge is 0.475 e. The Morgan fingerprint density at radius 3 is 2.38 bits per heavy atom. The van der Waals surface area contributed by atoms with Gasteiger partial charge in [0.05, 0.1) is 16.8 Å². The van der Waals surface area contributed by atoms with Crippen LogP contribution in [0.1, 0.15) is 11.3 Å². The summed E-state index contributed by atoms with van der Waals surface area (Å²) in [5.41, 5.74) is 1.81. The molecule has 0 bridgehead atoms. The molecule has 0 amide bonds. The maximum absolute atomic E-state index is 12.1. The van der Waals surface area contributed by atoms with Crippen LogP contribution < -0.4 is 0 Å². The summed E-state index contributed by atoms with van der Waals surface area (Å²) in [6.45, 7) is 0. The first kappa shape index (κ1) is 16.1. The van der Waals surface area contributed by atoms with Crippen molar-refractivity contribution in [2.45, 2.75) is 0 Å². The number of ketones is 1. The summed E-state index contributed by atoms with van der Waals surface area (Å²) in [4.78, 5) is 27.8. The Bertz CT molecular complexity index is 962. The average molecular weight is 382 g/mol. The van der Waals surface area contributed by atoms with Crippen molar-refractivity contribution in [1.82, 2.24) is 4.98 Å². The van der Waals surface area contributed by atoms with Crippen LogP contribution in [-0.2, 0) is 9.59 Å². The van der Waals surface area contributed by atoms with E-state index >= 15 is 0 Å². The predicted octanol–water partition coefficient (Wildman–Crippen LogP) is 4.19. The van der Waals surface area contributed by atoms with Crippen LogP contribution in [0.4, 0.5) is 0 Å². The number of carboxylic acids is 1. The molecule has 0 saturated heterocycles. The average Bonchev–Trinajstić information content (AvgIpc) is 2.60. The number of rotatable bonds is 4. The molecule has 3 aromatic rings. The number of aliphatic carboxylic acids is 1. The second-order valence-corrected chi connectivity index (χ2v) is 6.05. The minimum absolute atomic E-state index is 0.0515. The number of benzene rings is 2. The van der Waals surface area contributed by atoms with Crippen LogP contribution >= 0.6 is 15.9 Å². The van der Waals surface area contributed by atoms with Gasteiger partial charge in [-0.1, -0.05) is 52.3 Å².